The summed E-state index contributed by atoms with van der Waals surface area (Å²) in [5, 5.41) is 21.9. The van der Waals surface area contributed by atoms with E-state index in [1.807, 2.05) is 19.2 Å². The number of nitrogens with zero attached hydrogens (tertiary/aromatic N) is 5. The van der Waals surface area contributed by atoms with Crippen molar-refractivity contribution >= 4 is 11.6 Å². The molecular weight excluding hydrogens is 288 g/mol. The molecule has 2 aromatic heterocycles. The van der Waals surface area contributed by atoms with Gasteiger partial charge in [-0.15, -0.1) is 0 Å². The first-order valence-corrected chi connectivity index (χ1v) is 6.89. The Balaban J connectivity index is 1.97. The van der Waals surface area contributed by atoms with Crippen LogP contribution in [0.25, 0.3) is 0 Å². The summed E-state index contributed by atoms with van der Waals surface area (Å²) in [6, 6.07) is 1.83. The Labute approximate surface area is 127 Å². The normalized spacial score (nSPS) is 10.7. The van der Waals surface area contributed by atoms with Gasteiger partial charge in [-0.25, -0.2) is 0 Å². The molecule has 0 bridgehead atoms. The standard InChI is InChI=1S/C13H18N6O3/c1-4-17-6-5-11(16-17)7-14-12(20)8-18-10(3)13(19(21)22)9(2)15-18/h5-6H,4,7-8H2,1-3H3,(H,14,20). The van der Waals surface area contributed by atoms with E-state index in [0.717, 1.165) is 12.2 Å². The second kappa shape index (κ2) is 6.37. The summed E-state index contributed by atoms with van der Waals surface area (Å²) in [6.45, 7) is 6.13. The van der Waals surface area contributed by atoms with Crippen molar-refractivity contribution in [1.82, 2.24) is 24.9 Å². The Hall–Kier alpha value is -2.71. The van der Waals surface area contributed by atoms with Gasteiger partial charge < -0.3 is 5.32 Å². The second-order valence-electron chi connectivity index (χ2n) is 4.87. The molecule has 0 aromatic carbocycles. The van der Waals surface area contributed by atoms with Gasteiger partial charge >= 0.3 is 5.69 Å². The monoisotopic (exact) mass is 306 g/mol. The molecule has 118 valence electrons. The van der Waals surface area contributed by atoms with Crippen LogP contribution in [0.15, 0.2) is 12.3 Å². The van der Waals surface area contributed by atoms with Crippen molar-refractivity contribution in [3.8, 4) is 0 Å². The number of carbonyl (C=O) groups is 1. The molecule has 9 heteroatoms. The Morgan fingerprint density at radius 2 is 2.14 bits per heavy atom. The third kappa shape index (κ3) is 3.30. The predicted octanol–water partition coefficient (Wildman–Crippen LogP) is 0.941. The van der Waals surface area contributed by atoms with Crippen molar-refractivity contribution in [3.05, 3.63) is 39.5 Å². The molecule has 0 unspecified atom stereocenters. The number of aromatic nitrogens is 4. The van der Waals surface area contributed by atoms with E-state index in [1.165, 1.54) is 4.68 Å². The minimum absolute atomic E-state index is 0.0468. The van der Waals surface area contributed by atoms with Crippen molar-refractivity contribution in [2.45, 2.75) is 40.4 Å². The maximum atomic E-state index is 11.9. The second-order valence-corrected chi connectivity index (χ2v) is 4.87. The van der Waals surface area contributed by atoms with Crippen LogP contribution in [-0.4, -0.2) is 30.4 Å². The fourth-order valence-electron chi connectivity index (χ4n) is 2.16. The summed E-state index contributed by atoms with van der Waals surface area (Å²) in [6.07, 6.45) is 1.84. The Morgan fingerprint density at radius 1 is 1.41 bits per heavy atom. The first-order chi connectivity index (χ1) is 10.4. The Morgan fingerprint density at radius 3 is 2.68 bits per heavy atom. The summed E-state index contributed by atoms with van der Waals surface area (Å²) in [4.78, 5) is 22.4. The molecule has 2 heterocycles. The minimum atomic E-state index is -0.483. The third-order valence-corrected chi connectivity index (χ3v) is 3.31. The van der Waals surface area contributed by atoms with Crippen LogP contribution < -0.4 is 5.32 Å². The first kappa shape index (κ1) is 15.7. The van der Waals surface area contributed by atoms with E-state index >= 15 is 0 Å². The molecule has 0 aliphatic carbocycles. The zero-order chi connectivity index (χ0) is 16.3. The average Bonchev–Trinajstić information content (AvgIpc) is 3.01. The molecule has 0 aliphatic rings. The van der Waals surface area contributed by atoms with E-state index in [-0.39, 0.29) is 18.1 Å². The number of carbonyl (C=O) groups excluding carboxylic acids is 1. The van der Waals surface area contributed by atoms with Gasteiger partial charge in [-0.2, -0.15) is 10.2 Å². The molecule has 0 radical (unpaired) electrons. The molecule has 1 amide bonds. The summed E-state index contributed by atoms with van der Waals surface area (Å²) in [7, 11) is 0. The van der Waals surface area contributed by atoms with Gasteiger partial charge in [-0.05, 0) is 26.8 Å². The number of aryl methyl sites for hydroxylation is 2. The van der Waals surface area contributed by atoms with Gasteiger partial charge in [0.15, 0.2) is 0 Å². The van der Waals surface area contributed by atoms with Crippen molar-refractivity contribution in [2.75, 3.05) is 0 Å². The van der Waals surface area contributed by atoms with Crippen LogP contribution in [0.1, 0.15) is 24.0 Å². The number of hydrogen-bond donors (Lipinski definition) is 1. The highest BCUT2D eigenvalue weighted by Crippen LogP contribution is 2.21. The molecule has 0 aliphatic heterocycles. The summed E-state index contributed by atoms with van der Waals surface area (Å²) < 4.78 is 3.11. The lowest BCUT2D eigenvalue weighted by Crippen LogP contribution is -2.28. The zero-order valence-corrected chi connectivity index (χ0v) is 12.7. The van der Waals surface area contributed by atoms with Crippen molar-refractivity contribution in [3.63, 3.8) is 0 Å². The molecule has 0 spiro atoms. The van der Waals surface area contributed by atoms with E-state index in [1.54, 1.807) is 18.5 Å². The van der Waals surface area contributed by atoms with Gasteiger partial charge in [0, 0.05) is 12.7 Å². The number of nitrogens with one attached hydrogen (secondary N) is 1. The van der Waals surface area contributed by atoms with E-state index in [0.29, 0.717) is 17.9 Å². The summed E-state index contributed by atoms with van der Waals surface area (Å²) in [5.41, 5.74) is 1.38. The highest BCUT2D eigenvalue weighted by atomic mass is 16.6. The fraction of sp³-hybridized carbons (Fsp3) is 0.462. The summed E-state index contributed by atoms with van der Waals surface area (Å²) >= 11 is 0. The van der Waals surface area contributed by atoms with Crippen molar-refractivity contribution in [1.29, 1.82) is 0 Å². The van der Waals surface area contributed by atoms with E-state index in [4.69, 9.17) is 0 Å². The van der Waals surface area contributed by atoms with Gasteiger partial charge in [-0.3, -0.25) is 24.3 Å². The lowest BCUT2D eigenvalue weighted by atomic mass is 10.3. The largest absolute Gasteiger partial charge is 0.349 e. The highest BCUT2D eigenvalue weighted by Gasteiger charge is 2.22. The maximum absolute atomic E-state index is 11.9. The lowest BCUT2D eigenvalue weighted by molar-refractivity contribution is -0.386. The molecule has 0 atom stereocenters. The molecule has 0 saturated heterocycles. The van der Waals surface area contributed by atoms with Crippen LogP contribution in [0, 0.1) is 24.0 Å². The molecule has 2 rings (SSSR count). The average molecular weight is 306 g/mol. The SMILES string of the molecule is CCn1ccc(CNC(=O)Cn2nc(C)c([N+](=O)[O-])c2C)n1. The predicted molar refractivity (Wildman–Crippen MR) is 78.1 cm³/mol. The van der Waals surface area contributed by atoms with Gasteiger partial charge in [-0.1, -0.05) is 0 Å². The quantitative estimate of drug-likeness (QED) is 0.631. The lowest BCUT2D eigenvalue weighted by Gasteiger charge is -2.05. The van der Waals surface area contributed by atoms with Crippen LogP contribution in [0.4, 0.5) is 5.69 Å². The topological polar surface area (TPSA) is 108 Å². The molecule has 9 nitrogen and oxygen atoms in total. The molecule has 0 fully saturated rings. The van der Waals surface area contributed by atoms with Crippen LogP contribution in [0.2, 0.25) is 0 Å². The van der Waals surface area contributed by atoms with E-state index < -0.39 is 4.92 Å². The fourth-order valence-corrected chi connectivity index (χ4v) is 2.16. The van der Waals surface area contributed by atoms with Crippen LogP contribution in [0.5, 0.6) is 0 Å². The van der Waals surface area contributed by atoms with Gasteiger partial charge in [0.1, 0.15) is 17.9 Å². The van der Waals surface area contributed by atoms with Gasteiger partial charge in [0.2, 0.25) is 5.91 Å². The molecule has 0 saturated carbocycles. The minimum Gasteiger partial charge on any atom is -0.349 e. The number of nitro groups is 1. The smallest absolute Gasteiger partial charge is 0.312 e. The van der Waals surface area contributed by atoms with Crippen molar-refractivity contribution < 1.29 is 9.72 Å². The zero-order valence-electron chi connectivity index (χ0n) is 12.7. The highest BCUT2D eigenvalue weighted by molar-refractivity contribution is 5.75. The van der Waals surface area contributed by atoms with Crippen LogP contribution >= 0.6 is 0 Å². The summed E-state index contributed by atoms with van der Waals surface area (Å²) in [5.74, 6) is -0.272. The molecular formula is C13H18N6O3. The number of hydrogen-bond acceptors (Lipinski definition) is 5. The molecule has 2 aromatic rings. The number of amides is 1. The van der Waals surface area contributed by atoms with E-state index in [9.17, 15) is 14.9 Å². The van der Waals surface area contributed by atoms with Crippen LogP contribution in [0.3, 0.4) is 0 Å². The molecule has 1 N–H and O–H groups in total. The van der Waals surface area contributed by atoms with Crippen LogP contribution in [-0.2, 0) is 24.4 Å². The van der Waals surface area contributed by atoms with Gasteiger partial charge in [0.25, 0.3) is 0 Å². The maximum Gasteiger partial charge on any atom is 0.312 e. The third-order valence-electron chi connectivity index (χ3n) is 3.31. The first-order valence-electron chi connectivity index (χ1n) is 6.89. The van der Waals surface area contributed by atoms with Crippen molar-refractivity contribution in [2.24, 2.45) is 0 Å². The van der Waals surface area contributed by atoms with E-state index in [2.05, 4.69) is 15.5 Å². The molecule has 22 heavy (non-hydrogen) atoms. The Bertz CT molecular complexity index is 703. The number of rotatable bonds is 6. The Kier molecular flexibility index (Phi) is 4.54. The van der Waals surface area contributed by atoms with Gasteiger partial charge in [0.05, 0.1) is 17.2 Å².